The Morgan fingerprint density at radius 3 is 2.95 bits per heavy atom. The van der Waals surface area contributed by atoms with Crippen molar-refractivity contribution >= 4 is 17.2 Å². The molecule has 3 heterocycles. The molecule has 0 radical (unpaired) electrons. The molecule has 3 rings (SSSR count). The SMILES string of the molecule is Cc1ncsc1C(=O)N[C@H]1CCc2nnc(C(C)C)n2C1. The molecule has 0 bridgehead atoms. The van der Waals surface area contributed by atoms with Crippen LogP contribution in [-0.2, 0) is 13.0 Å². The molecule has 2 aromatic rings. The van der Waals surface area contributed by atoms with Crippen LogP contribution in [0.4, 0.5) is 0 Å². The normalized spacial score (nSPS) is 17.8. The number of nitrogens with one attached hydrogen (secondary N) is 1. The Bertz CT molecular complexity index is 660. The molecule has 1 N–H and O–H groups in total. The molecule has 0 aliphatic carbocycles. The molecular formula is C14H19N5OS. The molecule has 0 saturated heterocycles. The molecule has 0 fully saturated rings. The van der Waals surface area contributed by atoms with Gasteiger partial charge in [-0.2, -0.15) is 0 Å². The van der Waals surface area contributed by atoms with Crippen LogP contribution in [0.2, 0.25) is 0 Å². The highest BCUT2D eigenvalue weighted by atomic mass is 32.1. The highest BCUT2D eigenvalue weighted by Crippen LogP contribution is 2.21. The van der Waals surface area contributed by atoms with Crippen molar-refractivity contribution in [2.75, 3.05) is 0 Å². The molecule has 2 aromatic heterocycles. The number of amides is 1. The maximum Gasteiger partial charge on any atom is 0.263 e. The lowest BCUT2D eigenvalue weighted by Crippen LogP contribution is -2.41. The van der Waals surface area contributed by atoms with Gasteiger partial charge in [0.25, 0.3) is 5.91 Å². The maximum atomic E-state index is 12.3. The summed E-state index contributed by atoms with van der Waals surface area (Å²) >= 11 is 1.39. The van der Waals surface area contributed by atoms with Gasteiger partial charge >= 0.3 is 0 Å². The first-order valence-corrected chi connectivity index (χ1v) is 8.07. The van der Waals surface area contributed by atoms with E-state index >= 15 is 0 Å². The van der Waals surface area contributed by atoms with Gasteiger partial charge in [0.2, 0.25) is 0 Å². The second kappa shape index (κ2) is 5.55. The van der Waals surface area contributed by atoms with Crippen molar-refractivity contribution in [3.05, 3.63) is 27.7 Å². The molecule has 112 valence electrons. The van der Waals surface area contributed by atoms with Crippen LogP contribution in [0.3, 0.4) is 0 Å². The Balaban J connectivity index is 1.73. The minimum Gasteiger partial charge on any atom is -0.347 e. The van der Waals surface area contributed by atoms with Crippen molar-refractivity contribution in [2.45, 2.75) is 52.1 Å². The Hall–Kier alpha value is -1.76. The topological polar surface area (TPSA) is 72.7 Å². The molecule has 7 heteroatoms. The Morgan fingerprint density at radius 2 is 2.29 bits per heavy atom. The number of aromatic nitrogens is 4. The first-order valence-electron chi connectivity index (χ1n) is 7.19. The number of fused-ring (bicyclic) bond motifs is 1. The lowest BCUT2D eigenvalue weighted by molar-refractivity contribution is 0.0930. The minimum absolute atomic E-state index is 0.0254. The van der Waals surface area contributed by atoms with Gasteiger partial charge in [0.05, 0.1) is 11.2 Å². The quantitative estimate of drug-likeness (QED) is 0.940. The first kappa shape index (κ1) is 14.2. The second-order valence-electron chi connectivity index (χ2n) is 5.72. The van der Waals surface area contributed by atoms with Crippen LogP contribution < -0.4 is 5.32 Å². The van der Waals surface area contributed by atoms with E-state index in [1.165, 1.54) is 11.3 Å². The Morgan fingerprint density at radius 1 is 1.48 bits per heavy atom. The average molecular weight is 305 g/mol. The molecule has 0 unspecified atom stereocenters. The number of hydrogen-bond acceptors (Lipinski definition) is 5. The second-order valence-corrected chi connectivity index (χ2v) is 6.57. The fourth-order valence-corrected chi connectivity index (χ4v) is 3.37. The van der Waals surface area contributed by atoms with Gasteiger partial charge < -0.3 is 9.88 Å². The zero-order valence-corrected chi connectivity index (χ0v) is 13.3. The smallest absolute Gasteiger partial charge is 0.263 e. The van der Waals surface area contributed by atoms with Gasteiger partial charge in [0.1, 0.15) is 16.5 Å². The van der Waals surface area contributed by atoms with Crippen LogP contribution in [0.1, 0.15) is 53.2 Å². The standard InChI is InChI=1S/C14H19N5OS/c1-8(2)13-18-17-11-5-4-10(6-19(11)13)16-14(20)12-9(3)15-7-21-12/h7-8,10H,4-6H2,1-3H3,(H,16,20)/t10-/m0/s1. The predicted octanol–water partition coefficient (Wildman–Crippen LogP) is 1.91. The molecule has 0 spiro atoms. The third-order valence-electron chi connectivity index (χ3n) is 3.78. The number of carbonyl (C=O) groups is 1. The number of rotatable bonds is 3. The summed E-state index contributed by atoms with van der Waals surface area (Å²) in [4.78, 5) is 17.1. The molecule has 21 heavy (non-hydrogen) atoms. The van der Waals surface area contributed by atoms with Gasteiger partial charge in [-0.25, -0.2) is 4.98 Å². The van der Waals surface area contributed by atoms with Crippen molar-refractivity contribution in [3.63, 3.8) is 0 Å². The third kappa shape index (κ3) is 2.70. The largest absolute Gasteiger partial charge is 0.347 e. The van der Waals surface area contributed by atoms with E-state index in [4.69, 9.17) is 0 Å². The van der Waals surface area contributed by atoms with Gasteiger partial charge in [0, 0.05) is 24.9 Å². The number of aryl methyl sites for hydroxylation is 2. The summed E-state index contributed by atoms with van der Waals surface area (Å²) in [7, 11) is 0. The van der Waals surface area contributed by atoms with Crippen LogP contribution in [0.15, 0.2) is 5.51 Å². The Kier molecular flexibility index (Phi) is 3.75. The molecule has 1 atom stereocenters. The number of nitrogens with zero attached hydrogens (tertiary/aromatic N) is 4. The van der Waals surface area contributed by atoms with Crippen molar-refractivity contribution in [3.8, 4) is 0 Å². The number of thiazole rings is 1. The zero-order chi connectivity index (χ0) is 15.0. The molecule has 1 aliphatic heterocycles. The predicted molar refractivity (Wildman–Crippen MR) is 80.5 cm³/mol. The molecule has 1 amide bonds. The summed E-state index contributed by atoms with van der Waals surface area (Å²) in [6, 6.07) is 0.125. The number of carbonyl (C=O) groups excluding carboxylic acids is 1. The van der Waals surface area contributed by atoms with Gasteiger partial charge in [0.15, 0.2) is 0 Å². The van der Waals surface area contributed by atoms with E-state index in [9.17, 15) is 4.79 Å². The lowest BCUT2D eigenvalue weighted by Gasteiger charge is -2.25. The highest BCUT2D eigenvalue weighted by molar-refractivity contribution is 7.11. The molecule has 0 saturated carbocycles. The van der Waals surface area contributed by atoms with Crippen molar-refractivity contribution in [1.82, 2.24) is 25.1 Å². The minimum atomic E-state index is -0.0254. The van der Waals surface area contributed by atoms with Crippen LogP contribution >= 0.6 is 11.3 Å². The fraction of sp³-hybridized carbons (Fsp3) is 0.571. The summed E-state index contributed by atoms with van der Waals surface area (Å²) < 4.78 is 2.15. The zero-order valence-electron chi connectivity index (χ0n) is 12.5. The van der Waals surface area contributed by atoms with Crippen LogP contribution in [0.5, 0.6) is 0 Å². The van der Waals surface area contributed by atoms with E-state index in [2.05, 4.69) is 38.9 Å². The Labute approximate surface area is 127 Å². The summed E-state index contributed by atoms with van der Waals surface area (Å²) in [5.74, 6) is 2.34. The van der Waals surface area contributed by atoms with Crippen LogP contribution in [0, 0.1) is 6.92 Å². The summed E-state index contributed by atoms with van der Waals surface area (Å²) in [5.41, 5.74) is 2.50. The maximum absolute atomic E-state index is 12.3. The van der Waals surface area contributed by atoms with Crippen molar-refractivity contribution in [1.29, 1.82) is 0 Å². The van der Waals surface area contributed by atoms with Gasteiger partial charge in [-0.3, -0.25) is 4.79 Å². The van der Waals surface area contributed by atoms with E-state index in [0.29, 0.717) is 10.8 Å². The first-order chi connectivity index (χ1) is 10.1. The monoisotopic (exact) mass is 305 g/mol. The van der Waals surface area contributed by atoms with Gasteiger partial charge in [-0.1, -0.05) is 13.8 Å². The molecule has 1 aliphatic rings. The van der Waals surface area contributed by atoms with Gasteiger partial charge in [-0.15, -0.1) is 21.5 Å². The van der Waals surface area contributed by atoms with Crippen LogP contribution in [-0.4, -0.2) is 31.7 Å². The average Bonchev–Trinajstić information content (AvgIpc) is 3.04. The van der Waals surface area contributed by atoms with Crippen molar-refractivity contribution in [2.24, 2.45) is 0 Å². The van der Waals surface area contributed by atoms with E-state index < -0.39 is 0 Å². The molecule has 6 nitrogen and oxygen atoms in total. The van der Waals surface area contributed by atoms with Gasteiger partial charge in [-0.05, 0) is 13.3 Å². The summed E-state index contributed by atoms with van der Waals surface area (Å²) in [6.45, 7) is 6.83. The van der Waals surface area contributed by atoms with Crippen molar-refractivity contribution < 1.29 is 4.79 Å². The molecule has 0 aromatic carbocycles. The molecular weight excluding hydrogens is 286 g/mol. The summed E-state index contributed by atoms with van der Waals surface area (Å²) in [6.07, 6.45) is 1.76. The highest BCUT2D eigenvalue weighted by Gasteiger charge is 2.25. The lowest BCUT2D eigenvalue weighted by atomic mass is 10.1. The fourth-order valence-electron chi connectivity index (χ4n) is 2.66. The van der Waals surface area contributed by atoms with Crippen LogP contribution in [0.25, 0.3) is 0 Å². The summed E-state index contributed by atoms with van der Waals surface area (Å²) in [5, 5.41) is 11.6. The van der Waals surface area contributed by atoms with E-state index in [0.717, 1.165) is 36.7 Å². The third-order valence-corrected chi connectivity index (χ3v) is 4.71. The number of hydrogen-bond donors (Lipinski definition) is 1. The van der Waals surface area contributed by atoms with E-state index in [1.54, 1.807) is 5.51 Å². The van der Waals surface area contributed by atoms with E-state index in [1.807, 2.05) is 6.92 Å². The van der Waals surface area contributed by atoms with E-state index in [-0.39, 0.29) is 11.9 Å².